The zero-order chi connectivity index (χ0) is 16.9. The van der Waals surface area contributed by atoms with Crippen LogP contribution in [0.4, 0.5) is 0 Å². The first kappa shape index (κ1) is 15.5. The summed E-state index contributed by atoms with van der Waals surface area (Å²) < 4.78 is 5.34. The van der Waals surface area contributed by atoms with Gasteiger partial charge in [0.1, 0.15) is 17.1 Å². The highest BCUT2D eigenvalue weighted by Crippen LogP contribution is 2.30. The number of carbonyl (C=O) groups excluding carboxylic acids is 2. The van der Waals surface area contributed by atoms with Gasteiger partial charge in [-0.05, 0) is 24.3 Å². The van der Waals surface area contributed by atoms with E-state index in [1.54, 1.807) is 60.7 Å². The van der Waals surface area contributed by atoms with E-state index in [9.17, 15) is 14.7 Å². The Hall–Kier alpha value is -3.40. The number of hydrogen-bond acceptors (Lipinski definition) is 4. The molecule has 0 aromatic heterocycles. The highest BCUT2D eigenvalue weighted by Gasteiger charge is 2.21. The van der Waals surface area contributed by atoms with Crippen LogP contribution in [0.5, 0.6) is 11.5 Å². The Balaban J connectivity index is 1.96. The van der Waals surface area contributed by atoms with Crippen LogP contribution >= 0.6 is 0 Å². The maximum absolute atomic E-state index is 12.7. The van der Waals surface area contributed by atoms with Crippen LogP contribution in [-0.4, -0.2) is 16.9 Å². The van der Waals surface area contributed by atoms with Gasteiger partial charge >= 0.3 is 5.97 Å². The Kier molecular flexibility index (Phi) is 4.38. The first-order valence-electron chi connectivity index (χ1n) is 7.36. The van der Waals surface area contributed by atoms with Crippen molar-refractivity contribution in [1.29, 1.82) is 0 Å². The number of phenolic OH excluding ortho intramolecular Hbond substituents is 1. The molecule has 0 aliphatic rings. The number of hydrogen-bond donors (Lipinski definition) is 1. The van der Waals surface area contributed by atoms with Crippen LogP contribution in [0, 0.1) is 0 Å². The molecule has 4 heteroatoms. The molecule has 0 fully saturated rings. The van der Waals surface area contributed by atoms with Gasteiger partial charge in [0.2, 0.25) is 5.78 Å². The molecule has 24 heavy (non-hydrogen) atoms. The summed E-state index contributed by atoms with van der Waals surface area (Å²) in [5, 5.41) is 10.1. The zero-order valence-electron chi connectivity index (χ0n) is 12.7. The molecule has 4 nitrogen and oxygen atoms in total. The van der Waals surface area contributed by atoms with Gasteiger partial charge in [-0.3, -0.25) is 4.79 Å². The topological polar surface area (TPSA) is 63.6 Å². The smallest absolute Gasteiger partial charge is 0.343 e. The first-order valence-corrected chi connectivity index (χ1v) is 7.36. The number of carbonyl (C=O) groups is 2. The average molecular weight is 318 g/mol. The minimum absolute atomic E-state index is 0.0257. The van der Waals surface area contributed by atoms with Crippen molar-refractivity contribution in [2.45, 2.75) is 0 Å². The normalized spacial score (nSPS) is 10.2. The molecule has 0 spiro atoms. The molecular weight excluding hydrogens is 304 g/mol. The maximum atomic E-state index is 12.7. The van der Waals surface area contributed by atoms with Crippen molar-refractivity contribution in [2.24, 2.45) is 0 Å². The molecule has 0 aliphatic heterocycles. The average Bonchev–Trinajstić information content (AvgIpc) is 2.63. The largest absolute Gasteiger partial charge is 0.507 e. The lowest BCUT2D eigenvalue weighted by Gasteiger charge is -2.11. The second-order valence-electron chi connectivity index (χ2n) is 5.10. The number of rotatable bonds is 4. The lowest BCUT2D eigenvalue weighted by molar-refractivity contribution is 0.0732. The molecular formula is C20H14O4. The molecule has 0 saturated heterocycles. The molecule has 0 aliphatic carbocycles. The highest BCUT2D eigenvalue weighted by molar-refractivity contribution is 6.12. The van der Waals surface area contributed by atoms with Crippen molar-refractivity contribution in [3.05, 3.63) is 95.6 Å². The van der Waals surface area contributed by atoms with Crippen LogP contribution in [0.2, 0.25) is 0 Å². The predicted molar refractivity (Wildman–Crippen MR) is 89.4 cm³/mol. The summed E-state index contributed by atoms with van der Waals surface area (Å²) in [6, 6.07) is 21.4. The maximum Gasteiger partial charge on any atom is 0.343 e. The van der Waals surface area contributed by atoms with Gasteiger partial charge in [0.25, 0.3) is 0 Å². The predicted octanol–water partition coefficient (Wildman–Crippen LogP) is 3.84. The van der Waals surface area contributed by atoms with E-state index in [0.717, 1.165) is 0 Å². The standard InChI is InChI=1S/C20H14O4/c21-16-12-7-13-17(24-20(23)15-10-5-2-6-11-15)18(16)19(22)14-8-3-1-4-9-14/h1-13,21H. The van der Waals surface area contributed by atoms with E-state index in [2.05, 4.69) is 0 Å². The third kappa shape index (κ3) is 3.17. The molecule has 3 rings (SSSR count). The van der Waals surface area contributed by atoms with E-state index in [-0.39, 0.29) is 17.1 Å². The number of ether oxygens (including phenoxy) is 1. The number of aromatic hydroxyl groups is 1. The van der Waals surface area contributed by atoms with Crippen molar-refractivity contribution >= 4 is 11.8 Å². The van der Waals surface area contributed by atoms with Crippen LogP contribution < -0.4 is 4.74 Å². The molecule has 0 unspecified atom stereocenters. The molecule has 1 N–H and O–H groups in total. The number of phenols is 1. The second kappa shape index (κ2) is 6.79. The second-order valence-corrected chi connectivity index (χ2v) is 5.10. The van der Waals surface area contributed by atoms with Gasteiger partial charge in [0, 0.05) is 5.56 Å². The third-order valence-electron chi connectivity index (χ3n) is 3.48. The minimum atomic E-state index is -0.594. The molecule has 3 aromatic rings. The number of esters is 1. The van der Waals surface area contributed by atoms with Crippen LogP contribution in [0.15, 0.2) is 78.9 Å². The summed E-state index contributed by atoms with van der Waals surface area (Å²) in [6.07, 6.45) is 0. The molecule has 118 valence electrons. The Labute approximate surface area is 139 Å². The van der Waals surface area contributed by atoms with Gasteiger partial charge in [-0.25, -0.2) is 4.79 Å². The van der Waals surface area contributed by atoms with Crippen molar-refractivity contribution in [1.82, 2.24) is 0 Å². The monoisotopic (exact) mass is 318 g/mol. The fourth-order valence-electron chi connectivity index (χ4n) is 2.30. The lowest BCUT2D eigenvalue weighted by atomic mass is 10.0. The Bertz CT molecular complexity index is 871. The van der Waals surface area contributed by atoms with E-state index in [4.69, 9.17) is 4.74 Å². The highest BCUT2D eigenvalue weighted by atomic mass is 16.5. The molecule has 0 saturated carbocycles. The summed E-state index contributed by atoms with van der Waals surface area (Å²) >= 11 is 0. The summed E-state index contributed by atoms with van der Waals surface area (Å²) in [7, 11) is 0. The third-order valence-corrected chi connectivity index (χ3v) is 3.48. The Morgan fingerprint density at radius 2 is 1.29 bits per heavy atom. The molecule has 0 atom stereocenters. The van der Waals surface area contributed by atoms with Crippen molar-refractivity contribution in [2.75, 3.05) is 0 Å². The minimum Gasteiger partial charge on any atom is -0.507 e. The quantitative estimate of drug-likeness (QED) is 0.451. The van der Waals surface area contributed by atoms with E-state index in [0.29, 0.717) is 11.1 Å². The van der Waals surface area contributed by atoms with Crippen LogP contribution in [-0.2, 0) is 0 Å². The Morgan fingerprint density at radius 1 is 0.708 bits per heavy atom. The van der Waals surface area contributed by atoms with Gasteiger partial charge < -0.3 is 9.84 Å². The van der Waals surface area contributed by atoms with Gasteiger partial charge in [-0.1, -0.05) is 54.6 Å². The first-order chi connectivity index (χ1) is 11.7. The summed E-state index contributed by atoms with van der Waals surface area (Å²) in [6.45, 7) is 0. The van der Waals surface area contributed by atoms with Gasteiger partial charge in [0.05, 0.1) is 5.56 Å². The van der Waals surface area contributed by atoms with Crippen molar-refractivity contribution < 1.29 is 19.4 Å². The summed E-state index contributed by atoms with van der Waals surface area (Å²) in [5.74, 6) is -1.22. The van der Waals surface area contributed by atoms with Gasteiger partial charge in [-0.2, -0.15) is 0 Å². The fraction of sp³-hybridized carbons (Fsp3) is 0. The van der Waals surface area contributed by atoms with E-state index < -0.39 is 11.8 Å². The van der Waals surface area contributed by atoms with E-state index >= 15 is 0 Å². The molecule has 0 amide bonds. The van der Waals surface area contributed by atoms with Gasteiger partial charge in [-0.15, -0.1) is 0 Å². The van der Waals surface area contributed by atoms with Crippen molar-refractivity contribution in [3.8, 4) is 11.5 Å². The fourth-order valence-corrected chi connectivity index (χ4v) is 2.30. The zero-order valence-corrected chi connectivity index (χ0v) is 12.7. The molecule has 0 heterocycles. The van der Waals surface area contributed by atoms with Crippen molar-refractivity contribution in [3.63, 3.8) is 0 Å². The molecule has 0 bridgehead atoms. The SMILES string of the molecule is O=C(Oc1cccc(O)c1C(=O)c1ccccc1)c1ccccc1. The van der Waals surface area contributed by atoms with E-state index in [1.165, 1.54) is 18.2 Å². The van der Waals surface area contributed by atoms with Crippen LogP contribution in [0.25, 0.3) is 0 Å². The number of benzene rings is 3. The van der Waals surface area contributed by atoms with Gasteiger partial charge in [0.15, 0.2) is 0 Å². The Morgan fingerprint density at radius 3 is 1.92 bits per heavy atom. The van der Waals surface area contributed by atoms with E-state index in [1.807, 2.05) is 0 Å². The number of ketones is 1. The lowest BCUT2D eigenvalue weighted by Crippen LogP contribution is -2.12. The molecule has 0 radical (unpaired) electrons. The van der Waals surface area contributed by atoms with Crippen LogP contribution in [0.1, 0.15) is 26.3 Å². The molecule has 3 aromatic carbocycles. The summed E-state index contributed by atoms with van der Waals surface area (Å²) in [4.78, 5) is 24.9. The van der Waals surface area contributed by atoms with Crippen LogP contribution in [0.3, 0.4) is 0 Å². The summed E-state index contributed by atoms with van der Waals surface area (Å²) in [5.41, 5.74) is 0.725.